The number of nitrogens with one attached hydrogen (secondary N) is 1. The molecule has 1 aliphatic heterocycles. The van der Waals surface area contributed by atoms with Gasteiger partial charge in [-0.1, -0.05) is 11.3 Å². The van der Waals surface area contributed by atoms with Crippen LogP contribution in [0.1, 0.15) is 12.8 Å². The highest BCUT2D eigenvalue weighted by atomic mass is 32.2. The number of ether oxygens (including phenoxy) is 1. The summed E-state index contributed by atoms with van der Waals surface area (Å²) in [7, 11) is 0. The van der Waals surface area contributed by atoms with Crippen molar-refractivity contribution in [2.75, 3.05) is 31.3 Å². The first-order chi connectivity index (χ1) is 10.2. The Morgan fingerprint density at radius 3 is 3.05 bits per heavy atom. The molecule has 2 aromatic heterocycles. The average Bonchev–Trinajstić information content (AvgIpc) is 3.05. The van der Waals surface area contributed by atoms with Gasteiger partial charge in [-0.15, -0.1) is 0 Å². The number of thioether (sulfide) groups is 1. The molecule has 1 N–H and O–H groups in total. The second-order valence-electron chi connectivity index (χ2n) is 4.95. The predicted molar refractivity (Wildman–Crippen MR) is 84.5 cm³/mol. The van der Waals surface area contributed by atoms with Gasteiger partial charge in [0.05, 0.1) is 0 Å². The van der Waals surface area contributed by atoms with E-state index in [-0.39, 0.29) is 15.5 Å². The van der Waals surface area contributed by atoms with E-state index in [0.717, 1.165) is 26.1 Å². The highest BCUT2D eigenvalue weighted by Crippen LogP contribution is 2.35. The Kier molecular flexibility index (Phi) is 4.05. The van der Waals surface area contributed by atoms with Crippen LogP contribution in [-0.4, -0.2) is 45.1 Å². The molecule has 3 rings (SSSR count). The van der Waals surface area contributed by atoms with Gasteiger partial charge in [-0.05, 0) is 24.0 Å². The summed E-state index contributed by atoms with van der Waals surface area (Å²) in [5, 5.41) is 16.3. The second kappa shape index (κ2) is 5.82. The smallest absolute Gasteiger partial charge is 0.372 e. The number of aromatic nitrogens is 2. The summed E-state index contributed by atoms with van der Waals surface area (Å²) < 4.78 is 6.98. The first kappa shape index (κ1) is 14.6. The molecule has 9 heteroatoms. The van der Waals surface area contributed by atoms with Gasteiger partial charge in [0.1, 0.15) is 6.20 Å². The molecule has 1 fully saturated rings. The molecule has 1 aliphatic rings. The Labute approximate surface area is 129 Å². The summed E-state index contributed by atoms with van der Waals surface area (Å²) in [4.78, 5) is 15.9. The van der Waals surface area contributed by atoms with Crippen LogP contribution in [0.5, 0.6) is 0 Å². The van der Waals surface area contributed by atoms with E-state index >= 15 is 0 Å². The van der Waals surface area contributed by atoms with E-state index in [0.29, 0.717) is 17.3 Å². The van der Waals surface area contributed by atoms with Crippen molar-refractivity contribution in [2.45, 2.75) is 17.6 Å². The first-order valence-electron chi connectivity index (χ1n) is 6.62. The highest BCUT2D eigenvalue weighted by molar-refractivity contribution is 8.00. The third-order valence-electron chi connectivity index (χ3n) is 3.82. The SMILES string of the molecule is CSC1(CNc2nc3sccn3c2[N+](=O)[O-])CCOCC1. The first-order valence-corrected chi connectivity index (χ1v) is 8.72. The lowest BCUT2D eigenvalue weighted by molar-refractivity contribution is -0.389. The van der Waals surface area contributed by atoms with Crippen LogP contribution in [0, 0.1) is 10.1 Å². The van der Waals surface area contributed by atoms with Crippen molar-refractivity contribution >= 4 is 39.7 Å². The normalized spacial score (nSPS) is 18.0. The zero-order valence-corrected chi connectivity index (χ0v) is 13.2. The predicted octanol–water partition coefficient (Wildman–Crippen LogP) is 2.63. The number of thiazole rings is 1. The van der Waals surface area contributed by atoms with E-state index in [2.05, 4.69) is 16.6 Å². The lowest BCUT2D eigenvalue weighted by Gasteiger charge is -2.35. The fraction of sp³-hybridized carbons (Fsp3) is 0.583. The highest BCUT2D eigenvalue weighted by Gasteiger charge is 2.33. The van der Waals surface area contributed by atoms with Crippen LogP contribution in [0.2, 0.25) is 0 Å². The molecule has 0 saturated carbocycles. The van der Waals surface area contributed by atoms with Crippen molar-refractivity contribution in [3.05, 3.63) is 21.7 Å². The van der Waals surface area contributed by atoms with E-state index in [4.69, 9.17) is 4.74 Å². The van der Waals surface area contributed by atoms with Crippen molar-refractivity contribution in [1.82, 2.24) is 9.38 Å². The Balaban J connectivity index is 1.82. The Morgan fingerprint density at radius 2 is 2.38 bits per heavy atom. The maximum absolute atomic E-state index is 11.3. The Morgan fingerprint density at radius 1 is 1.62 bits per heavy atom. The van der Waals surface area contributed by atoms with Gasteiger partial charge in [0.25, 0.3) is 4.96 Å². The Hall–Kier alpha value is -1.32. The van der Waals surface area contributed by atoms with Gasteiger partial charge in [0, 0.05) is 29.9 Å². The number of rotatable bonds is 5. The molecular weight excluding hydrogens is 312 g/mol. The number of imidazole rings is 1. The third-order valence-corrected chi connectivity index (χ3v) is 6.00. The monoisotopic (exact) mass is 328 g/mol. The number of hydrogen-bond acceptors (Lipinski definition) is 7. The van der Waals surface area contributed by atoms with Crippen molar-refractivity contribution in [3.8, 4) is 0 Å². The lowest BCUT2D eigenvalue weighted by Crippen LogP contribution is -2.39. The average molecular weight is 328 g/mol. The van der Waals surface area contributed by atoms with Gasteiger partial charge in [-0.2, -0.15) is 21.1 Å². The molecule has 3 heterocycles. The maximum Gasteiger partial charge on any atom is 0.372 e. The number of nitrogens with zero attached hydrogens (tertiary/aromatic N) is 3. The minimum Gasteiger partial charge on any atom is -0.381 e. The molecule has 0 atom stereocenters. The van der Waals surface area contributed by atoms with E-state index in [1.165, 1.54) is 15.7 Å². The van der Waals surface area contributed by atoms with Crippen LogP contribution in [0.3, 0.4) is 0 Å². The van der Waals surface area contributed by atoms with Gasteiger partial charge < -0.3 is 20.2 Å². The number of hydrogen-bond donors (Lipinski definition) is 1. The molecule has 0 bridgehead atoms. The van der Waals surface area contributed by atoms with Crippen LogP contribution in [0.15, 0.2) is 11.6 Å². The van der Waals surface area contributed by atoms with Crippen molar-refractivity contribution in [2.24, 2.45) is 0 Å². The lowest BCUT2D eigenvalue weighted by atomic mass is 9.99. The zero-order valence-electron chi connectivity index (χ0n) is 11.6. The van der Waals surface area contributed by atoms with Crippen molar-refractivity contribution in [1.29, 1.82) is 0 Å². The maximum atomic E-state index is 11.3. The summed E-state index contributed by atoms with van der Waals surface area (Å²) in [6.07, 6.45) is 5.64. The van der Waals surface area contributed by atoms with E-state index in [1.807, 2.05) is 0 Å². The van der Waals surface area contributed by atoms with Gasteiger partial charge in [0.15, 0.2) is 0 Å². The fourth-order valence-corrected chi connectivity index (χ4v) is 4.01. The third kappa shape index (κ3) is 2.72. The van der Waals surface area contributed by atoms with Crippen LogP contribution in [0.4, 0.5) is 11.6 Å². The number of fused-ring (bicyclic) bond motifs is 1. The molecule has 1 saturated heterocycles. The molecule has 0 spiro atoms. The standard InChI is InChI=1S/C12H16N4O3S2/c1-20-12(2-5-19-6-3-12)8-13-9-10(16(17)18)15-4-7-21-11(15)14-9/h4,7,13H,2-3,5-6,8H2,1H3. The summed E-state index contributed by atoms with van der Waals surface area (Å²) in [5.41, 5.74) is 0. The Bertz CT molecular complexity index is 648. The van der Waals surface area contributed by atoms with Crippen LogP contribution < -0.4 is 5.32 Å². The van der Waals surface area contributed by atoms with E-state index in [9.17, 15) is 10.1 Å². The molecular formula is C12H16N4O3S2. The van der Waals surface area contributed by atoms with Gasteiger partial charge in [0.2, 0.25) is 5.82 Å². The molecule has 0 aliphatic carbocycles. The quantitative estimate of drug-likeness (QED) is 0.671. The molecule has 0 amide bonds. The summed E-state index contributed by atoms with van der Waals surface area (Å²) in [5.74, 6) is 0.362. The van der Waals surface area contributed by atoms with Crippen LogP contribution in [0.25, 0.3) is 4.96 Å². The molecule has 0 radical (unpaired) electrons. The van der Waals surface area contributed by atoms with Crippen LogP contribution >= 0.6 is 23.1 Å². The zero-order chi connectivity index (χ0) is 14.9. The van der Waals surface area contributed by atoms with E-state index < -0.39 is 0 Å². The van der Waals surface area contributed by atoms with Gasteiger partial charge in [-0.3, -0.25) is 0 Å². The molecule has 21 heavy (non-hydrogen) atoms. The van der Waals surface area contributed by atoms with Gasteiger partial charge in [-0.25, -0.2) is 0 Å². The minimum absolute atomic E-state index is 0.00885. The second-order valence-corrected chi connectivity index (χ2v) is 7.10. The fourth-order valence-electron chi connectivity index (χ4n) is 2.51. The van der Waals surface area contributed by atoms with Crippen molar-refractivity contribution in [3.63, 3.8) is 0 Å². The molecule has 0 unspecified atom stereocenters. The van der Waals surface area contributed by atoms with Gasteiger partial charge >= 0.3 is 5.82 Å². The molecule has 0 aromatic carbocycles. The number of anilines is 1. The van der Waals surface area contributed by atoms with E-state index in [1.54, 1.807) is 23.3 Å². The topological polar surface area (TPSA) is 81.7 Å². The molecule has 7 nitrogen and oxygen atoms in total. The summed E-state index contributed by atoms with van der Waals surface area (Å²) in [6.45, 7) is 2.13. The molecule has 114 valence electrons. The largest absolute Gasteiger partial charge is 0.381 e. The summed E-state index contributed by atoms with van der Waals surface area (Å²) >= 11 is 3.18. The van der Waals surface area contributed by atoms with Crippen LogP contribution in [-0.2, 0) is 4.74 Å². The van der Waals surface area contributed by atoms with Crippen molar-refractivity contribution < 1.29 is 9.66 Å². The minimum atomic E-state index is -0.384. The number of nitro groups is 1. The molecule has 2 aromatic rings. The summed E-state index contributed by atoms with van der Waals surface area (Å²) in [6, 6.07) is 0.